The van der Waals surface area contributed by atoms with E-state index in [1.807, 2.05) is 19.0 Å². The second-order valence-corrected chi connectivity index (χ2v) is 8.06. The maximum absolute atomic E-state index is 11.9. The molecule has 0 spiro atoms. The standard InChI is InChI=1S/C14H22N4O5S/c1-17(2)4-5-18(12-3-6-24(22,23)10-12)9-11(7-15)14(21)16-8-13(19)20/h9,12H,3-6,8,10H2,1-2H3,(H,16,21)(H,19,20)/b11-9-. The molecule has 1 rings (SSSR count). The Kier molecular flexibility index (Phi) is 7.18. The highest BCUT2D eigenvalue weighted by Crippen LogP contribution is 2.19. The van der Waals surface area contributed by atoms with E-state index in [4.69, 9.17) is 10.4 Å². The van der Waals surface area contributed by atoms with Crippen LogP contribution in [0.5, 0.6) is 0 Å². The van der Waals surface area contributed by atoms with Crippen LogP contribution in [0.15, 0.2) is 11.8 Å². The molecular weight excluding hydrogens is 336 g/mol. The first kappa shape index (κ1) is 19.9. The van der Waals surface area contributed by atoms with Crippen molar-refractivity contribution in [2.45, 2.75) is 12.5 Å². The van der Waals surface area contributed by atoms with Crippen LogP contribution in [0.1, 0.15) is 6.42 Å². The van der Waals surface area contributed by atoms with Crippen LogP contribution < -0.4 is 5.32 Å². The molecule has 0 aromatic heterocycles. The van der Waals surface area contributed by atoms with Crippen LogP contribution in [-0.2, 0) is 19.4 Å². The van der Waals surface area contributed by atoms with E-state index in [1.165, 1.54) is 6.20 Å². The zero-order valence-electron chi connectivity index (χ0n) is 13.7. The molecule has 1 unspecified atom stereocenters. The van der Waals surface area contributed by atoms with Crippen molar-refractivity contribution < 1.29 is 23.1 Å². The molecule has 9 nitrogen and oxygen atoms in total. The van der Waals surface area contributed by atoms with Gasteiger partial charge in [-0.15, -0.1) is 0 Å². The topological polar surface area (TPSA) is 131 Å². The fraction of sp³-hybridized carbons (Fsp3) is 0.643. The highest BCUT2D eigenvalue weighted by molar-refractivity contribution is 7.91. The van der Waals surface area contributed by atoms with E-state index in [-0.39, 0.29) is 23.1 Å². The number of hydrogen-bond donors (Lipinski definition) is 2. The quantitative estimate of drug-likeness (QED) is 0.402. The average Bonchev–Trinajstić information content (AvgIpc) is 2.84. The van der Waals surface area contributed by atoms with Gasteiger partial charge in [0.25, 0.3) is 5.91 Å². The predicted molar refractivity (Wildman–Crippen MR) is 86.7 cm³/mol. The Morgan fingerprint density at radius 1 is 1.38 bits per heavy atom. The first-order chi connectivity index (χ1) is 11.1. The van der Waals surface area contributed by atoms with Crippen LogP contribution >= 0.6 is 0 Å². The number of carbonyl (C=O) groups is 2. The van der Waals surface area contributed by atoms with E-state index >= 15 is 0 Å². The number of sulfone groups is 1. The molecule has 0 radical (unpaired) electrons. The molecule has 0 saturated carbocycles. The van der Waals surface area contributed by atoms with Gasteiger partial charge in [-0.25, -0.2) is 8.42 Å². The average molecular weight is 358 g/mol. The lowest BCUT2D eigenvalue weighted by Gasteiger charge is -2.28. The Labute approximate surface area is 141 Å². The molecule has 24 heavy (non-hydrogen) atoms. The number of likely N-dealkylation sites (N-methyl/N-ethyl adjacent to an activating group) is 1. The van der Waals surface area contributed by atoms with Crippen LogP contribution in [0, 0.1) is 11.3 Å². The van der Waals surface area contributed by atoms with Gasteiger partial charge in [0, 0.05) is 25.3 Å². The molecule has 0 aromatic carbocycles. The van der Waals surface area contributed by atoms with Crippen molar-refractivity contribution in [1.29, 1.82) is 5.26 Å². The molecular formula is C14H22N4O5S. The molecule has 1 amide bonds. The molecule has 134 valence electrons. The van der Waals surface area contributed by atoms with Crippen molar-refractivity contribution in [3.63, 3.8) is 0 Å². The van der Waals surface area contributed by atoms with Gasteiger partial charge < -0.3 is 20.2 Å². The summed E-state index contributed by atoms with van der Waals surface area (Å²) in [7, 11) is 0.609. The third-order valence-corrected chi connectivity index (χ3v) is 5.29. The summed E-state index contributed by atoms with van der Waals surface area (Å²) in [6, 6.07) is 1.44. The number of aliphatic carboxylic acids is 1. The normalized spacial score (nSPS) is 19.8. The molecule has 2 N–H and O–H groups in total. The highest BCUT2D eigenvalue weighted by atomic mass is 32.2. The second-order valence-electron chi connectivity index (χ2n) is 5.83. The third kappa shape index (κ3) is 6.55. The van der Waals surface area contributed by atoms with E-state index in [0.717, 1.165) is 0 Å². The SMILES string of the molecule is CN(C)CCN(/C=C(/C#N)C(=O)NCC(=O)O)C1CCS(=O)(=O)C1. The lowest BCUT2D eigenvalue weighted by Crippen LogP contribution is -2.38. The van der Waals surface area contributed by atoms with E-state index in [1.54, 1.807) is 11.0 Å². The van der Waals surface area contributed by atoms with Crippen molar-refractivity contribution >= 4 is 21.7 Å². The van der Waals surface area contributed by atoms with Gasteiger partial charge >= 0.3 is 5.97 Å². The van der Waals surface area contributed by atoms with Gasteiger partial charge in [-0.05, 0) is 20.5 Å². The first-order valence-corrected chi connectivity index (χ1v) is 9.19. The monoisotopic (exact) mass is 358 g/mol. The third-order valence-electron chi connectivity index (χ3n) is 3.54. The van der Waals surface area contributed by atoms with Gasteiger partial charge in [-0.1, -0.05) is 0 Å². The number of amides is 1. The van der Waals surface area contributed by atoms with Gasteiger partial charge in [-0.3, -0.25) is 9.59 Å². The molecule has 0 bridgehead atoms. The lowest BCUT2D eigenvalue weighted by atomic mass is 10.2. The fourth-order valence-corrected chi connectivity index (χ4v) is 4.00. The number of nitrogens with zero attached hydrogens (tertiary/aromatic N) is 3. The summed E-state index contributed by atoms with van der Waals surface area (Å²) in [6.07, 6.45) is 1.76. The van der Waals surface area contributed by atoms with Crippen LogP contribution in [-0.4, -0.2) is 86.5 Å². The second kappa shape index (κ2) is 8.65. The largest absolute Gasteiger partial charge is 0.480 e. The lowest BCUT2D eigenvalue weighted by molar-refractivity contribution is -0.137. The van der Waals surface area contributed by atoms with Gasteiger partial charge in [0.15, 0.2) is 9.84 Å². The zero-order valence-corrected chi connectivity index (χ0v) is 14.5. The Morgan fingerprint density at radius 3 is 2.50 bits per heavy atom. The summed E-state index contributed by atoms with van der Waals surface area (Å²) in [5, 5.41) is 19.9. The Hall–Kier alpha value is -2.12. The minimum atomic E-state index is -3.11. The Balaban J connectivity index is 2.93. The summed E-state index contributed by atoms with van der Waals surface area (Å²) < 4.78 is 23.4. The molecule has 10 heteroatoms. The molecule has 1 atom stereocenters. The molecule has 1 aliphatic heterocycles. The van der Waals surface area contributed by atoms with Crippen molar-refractivity contribution in [2.24, 2.45) is 0 Å². The summed E-state index contributed by atoms with van der Waals surface area (Å²) in [6.45, 7) is 0.473. The van der Waals surface area contributed by atoms with Crippen molar-refractivity contribution in [1.82, 2.24) is 15.1 Å². The number of nitriles is 1. The number of carbonyl (C=O) groups excluding carboxylic acids is 1. The number of rotatable bonds is 8. The fourth-order valence-electron chi connectivity index (χ4n) is 2.26. The predicted octanol–water partition coefficient (Wildman–Crippen LogP) is -1.35. The zero-order chi connectivity index (χ0) is 18.3. The smallest absolute Gasteiger partial charge is 0.322 e. The molecule has 0 aromatic rings. The summed E-state index contributed by atoms with van der Waals surface area (Å²) in [5.41, 5.74) is -0.251. The molecule has 1 fully saturated rings. The number of carboxylic acid groups (broad SMARTS) is 1. The number of hydrogen-bond acceptors (Lipinski definition) is 7. The molecule has 1 heterocycles. The first-order valence-electron chi connectivity index (χ1n) is 7.37. The van der Waals surface area contributed by atoms with E-state index in [2.05, 4.69) is 5.32 Å². The summed E-state index contributed by atoms with van der Waals surface area (Å²) >= 11 is 0. The molecule has 0 aliphatic carbocycles. The number of carboxylic acids is 1. The van der Waals surface area contributed by atoms with Gasteiger partial charge in [0.05, 0.1) is 11.5 Å². The van der Waals surface area contributed by atoms with E-state index < -0.39 is 28.3 Å². The Bertz CT molecular complexity index is 651. The van der Waals surface area contributed by atoms with Crippen LogP contribution in [0.2, 0.25) is 0 Å². The highest BCUT2D eigenvalue weighted by Gasteiger charge is 2.31. The van der Waals surface area contributed by atoms with Gasteiger partial charge in [0.1, 0.15) is 18.2 Å². The minimum absolute atomic E-state index is 0.0214. The van der Waals surface area contributed by atoms with Gasteiger partial charge in [-0.2, -0.15) is 5.26 Å². The summed E-state index contributed by atoms with van der Waals surface area (Å²) in [4.78, 5) is 26.0. The minimum Gasteiger partial charge on any atom is -0.480 e. The maximum atomic E-state index is 11.9. The van der Waals surface area contributed by atoms with Crippen molar-refractivity contribution in [3.8, 4) is 6.07 Å². The van der Waals surface area contributed by atoms with Crippen LogP contribution in [0.4, 0.5) is 0 Å². The summed E-state index contributed by atoms with van der Waals surface area (Å²) in [5.74, 6) is -1.95. The van der Waals surface area contributed by atoms with Crippen LogP contribution in [0.25, 0.3) is 0 Å². The van der Waals surface area contributed by atoms with E-state index in [0.29, 0.717) is 19.5 Å². The molecule has 1 aliphatic rings. The van der Waals surface area contributed by atoms with Gasteiger partial charge in [0.2, 0.25) is 0 Å². The van der Waals surface area contributed by atoms with Crippen molar-refractivity contribution in [2.75, 3.05) is 45.2 Å². The number of nitrogens with one attached hydrogen (secondary N) is 1. The maximum Gasteiger partial charge on any atom is 0.322 e. The molecule has 1 saturated heterocycles. The van der Waals surface area contributed by atoms with E-state index in [9.17, 15) is 18.0 Å². The van der Waals surface area contributed by atoms with Crippen molar-refractivity contribution in [3.05, 3.63) is 11.8 Å². The Morgan fingerprint density at radius 2 is 2.04 bits per heavy atom. The van der Waals surface area contributed by atoms with Crippen LogP contribution in [0.3, 0.4) is 0 Å².